The molecule has 0 saturated carbocycles. The van der Waals surface area contributed by atoms with Crippen molar-refractivity contribution >= 4 is 29.9 Å². The summed E-state index contributed by atoms with van der Waals surface area (Å²) in [5.41, 5.74) is 4.27. The second-order valence-corrected chi connectivity index (χ2v) is 13.6. The SMILES string of the molecule is CC(C)(C)C(=O)/C=C(\O)C(C)(C)C.CCC(C)(CC)c1cc(C)[c-]c(-c2cc3[se]ccc3cn2)c1.[Ir]. The van der Waals surface area contributed by atoms with Gasteiger partial charge in [-0.2, -0.15) is 0 Å². The molecule has 1 radical (unpaired) electrons. The topological polar surface area (TPSA) is 50.2 Å². The molecular weight excluding hydrogens is 690 g/mol. The molecule has 36 heavy (non-hydrogen) atoms. The molecular formula is C31H42IrNO2Se-. The smallest absolute Gasteiger partial charge is 0 e. The number of aryl methyl sites for hydroxylation is 1. The van der Waals surface area contributed by atoms with Crippen LogP contribution in [0.15, 0.2) is 47.2 Å². The fourth-order valence-corrected chi connectivity index (χ4v) is 5.09. The van der Waals surface area contributed by atoms with E-state index >= 15 is 0 Å². The Labute approximate surface area is 237 Å². The minimum Gasteiger partial charge on any atom is 0 e. The average Bonchev–Trinajstić information content (AvgIpc) is 3.25. The number of aliphatic hydroxyl groups is 1. The monoisotopic (exact) mass is 733 g/mol. The number of benzene rings is 1. The maximum Gasteiger partial charge on any atom is 0 e. The zero-order chi connectivity index (χ0) is 26.6. The van der Waals surface area contributed by atoms with Crippen LogP contribution in [0, 0.1) is 23.8 Å². The third kappa shape index (κ3) is 8.52. The third-order valence-corrected chi connectivity index (χ3v) is 8.50. The second-order valence-electron chi connectivity index (χ2n) is 11.7. The van der Waals surface area contributed by atoms with E-state index in [2.05, 4.69) is 68.0 Å². The number of hydrogen-bond donors (Lipinski definition) is 1. The summed E-state index contributed by atoms with van der Waals surface area (Å²) in [5.74, 6) is 0.104. The van der Waals surface area contributed by atoms with Gasteiger partial charge in [-0.25, -0.2) is 0 Å². The van der Waals surface area contributed by atoms with Gasteiger partial charge in [0.25, 0.3) is 0 Å². The molecule has 1 aromatic carbocycles. The number of nitrogens with zero attached hydrogens (tertiary/aromatic N) is 1. The van der Waals surface area contributed by atoms with Gasteiger partial charge in [-0.1, -0.05) is 41.5 Å². The zero-order valence-corrected chi connectivity index (χ0v) is 27.6. The summed E-state index contributed by atoms with van der Waals surface area (Å²) < 4.78 is 1.43. The molecule has 0 saturated heterocycles. The molecule has 2 aromatic heterocycles. The van der Waals surface area contributed by atoms with Crippen molar-refractivity contribution in [2.24, 2.45) is 10.8 Å². The van der Waals surface area contributed by atoms with Crippen molar-refractivity contribution in [3.8, 4) is 11.3 Å². The van der Waals surface area contributed by atoms with Crippen molar-refractivity contribution in [3.63, 3.8) is 0 Å². The summed E-state index contributed by atoms with van der Waals surface area (Å²) in [7, 11) is 0. The largest absolute Gasteiger partial charge is 0 e. The van der Waals surface area contributed by atoms with E-state index in [9.17, 15) is 9.90 Å². The average molecular weight is 732 g/mol. The Morgan fingerprint density at radius 3 is 2.17 bits per heavy atom. The molecule has 1 N–H and O–H groups in total. The molecule has 0 aliphatic heterocycles. The Hall–Kier alpha value is -1.51. The Kier molecular flexibility index (Phi) is 11.6. The minimum atomic E-state index is -0.417. The number of aliphatic hydroxyl groups excluding tert-OH is 1. The summed E-state index contributed by atoms with van der Waals surface area (Å²) >= 11 is 0.459. The Bertz CT molecular complexity index is 1190. The summed E-state index contributed by atoms with van der Waals surface area (Å²) in [6, 6.07) is 12.5. The number of carbonyl (C=O) groups excluding carboxylic acids is 1. The number of aromatic nitrogens is 1. The van der Waals surface area contributed by atoms with Gasteiger partial charge >= 0.3 is 139 Å². The number of pyridine rings is 1. The van der Waals surface area contributed by atoms with Crippen LogP contribution in [0.1, 0.15) is 86.3 Å². The maximum atomic E-state index is 11.5. The molecule has 0 aliphatic rings. The van der Waals surface area contributed by atoms with Gasteiger partial charge in [0, 0.05) is 37.0 Å². The first-order valence-corrected chi connectivity index (χ1v) is 14.3. The Morgan fingerprint density at radius 1 is 1.03 bits per heavy atom. The molecule has 0 unspecified atom stereocenters. The molecule has 0 bridgehead atoms. The molecule has 3 aromatic rings. The molecule has 0 atom stereocenters. The van der Waals surface area contributed by atoms with Crippen LogP contribution in [0.5, 0.6) is 0 Å². The van der Waals surface area contributed by atoms with Crippen LogP contribution in [0.25, 0.3) is 20.9 Å². The molecule has 0 fully saturated rings. The zero-order valence-electron chi connectivity index (χ0n) is 23.5. The molecule has 0 spiro atoms. The van der Waals surface area contributed by atoms with E-state index in [1.54, 1.807) is 0 Å². The summed E-state index contributed by atoms with van der Waals surface area (Å²) in [5, 5.41) is 10.8. The van der Waals surface area contributed by atoms with Gasteiger partial charge in [0.2, 0.25) is 0 Å². The molecule has 0 aliphatic carbocycles. The first kappa shape index (κ1) is 32.5. The van der Waals surface area contributed by atoms with E-state index in [1.165, 1.54) is 26.8 Å². The molecule has 5 heteroatoms. The van der Waals surface area contributed by atoms with E-state index in [0.29, 0.717) is 14.5 Å². The van der Waals surface area contributed by atoms with Crippen LogP contribution in [-0.2, 0) is 30.3 Å². The first-order chi connectivity index (χ1) is 16.1. The third-order valence-electron chi connectivity index (χ3n) is 6.65. The number of ketones is 1. The van der Waals surface area contributed by atoms with Gasteiger partial charge < -0.3 is 5.11 Å². The standard InChI is InChI=1S/C20H22NSe.C11H20O2.Ir/c1-5-20(4,6-2)17-10-14(3)9-16(11-17)18-12-19-15(13-21-18)7-8-22-19;1-10(2,3)8(12)7-9(13)11(4,5)6;/h7-8,10-13H,5-6H2,1-4H3;7,12H,1-6H3;/q-1;;/b;8-7-;. The van der Waals surface area contributed by atoms with Crippen molar-refractivity contribution in [1.29, 1.82) is 0 Å². The number of carbonyl (C=O) groups is 1. The quantitative estimate of drug-likeness (QED) is 0.125. The maximum absolute atomic E-state index is 11.5. The number of fused-ring (bicyclic) bond motifs is 1. The van der Waals surface area contributed by atoms with Gasteiger partial charge in [-0.3, -0.25) is 4.79 Å². The van der Waals surface area contributed by atoms with Gasteiger partial charge in [-0.05, 0) is 0 Å². The number of rotatable bonds is 5. The van der Waals surface area contributed by atoms with E-state index in [4.69, 9.17) is 0 Å². The van der Waals surface area contributed by atoms with E-state index in [1.807, 2.05) is 47.7 Å². The van der Waals surface area contributed by atoms with Crippen molar-refractivity contribution < 1.29 is 30.0 Å². The van der Waals surface area contributed by atoms with Gasteiger partial charge in [0.1, 0.15) is 5.76 Å². The van der Waals surface area contributed by atoms with E-state index in [0.717, 1.165) is 24.1 Å². The molecule has 0 amide bonds. The Balaban J connectivity index is 0.000000402. The predicted octanol–water partition coefficient (Wildman–Crippen LogP) is 8.23. The summed E-state index contributed by atoms with van der Waals surface area (Å²) in [6.45, 7) is 20.2. The number of hydrogen-bond acceptors (Lipinski definition) is 3. The molecule has 3 rings (SSSR count). The number of allylic oxidation sites excluding steroid dienone is 2. The van der Waals surface area contributed by atoms with Crippen LogP contribution < -0.4 is 0 Å². The van der Waals surface area contributed by atoms with Gasteiger partial charge in [-0.15, -0.1) is 0 Å². The van der Waals surface area contributed by atoms with Crippen LogP contribution in [0.2, 0.25) is 0 Å². The van der Waals surface area contributed by atoms with Crippen LogP contribution >= 0.6 is 0 Å². The molecule has 3 nitrogen and oxygen atoms in total. The van der Waals surface area contributed by atoms with Crippen LogP contribution in [-0.4, -0.2) is 30.4 Å². The first-order valence-electron chi connectivity index (χ1n) is 12.4. The van der Waals surface area contributed by atoms with Crippen molar-refractivity contribution in [2.75, 3.05) is 0 Å². The van der Waals surface area contributed by atoms with E-state index in [-0.39, 0.29) is 42.5 Å². The van der Waals surface area contributed by atoms with E-state index < -0.39 is 5.41 Å². The van der Waals surface area contributed by atoms with Crippen LogP contribution in [0.4, 0.5) is 0 Å². The van der Waals surface area contributed by atoms with Crippen molar-refractivity contribution in [2.45, 2.75) is 87.5 Å². The molecule has 2 heterocycles. The summed E-state index contributed by atoms with van der Waals surface area (Å²) in [4.78, 5) is 18.4. The fraction of sp³-hybridized carbons (Fsp3) is 0.484. The van der Waals surface area contributed by atoms with Crippen LogP contribution in [0.3, 0.4) is 0 Å². The fourth-order valence-electron chi connectivity index (χ4n) is 3.42. The van der Waals surface area contributed by atoms with Gasteiger partial charge in [0.05, 0.1) is 0 Å². The predicted molar refractivity (Wildman–Crippen MR) is 150 cm³/mol. The minimum absolute atomic E-state index is 0. The van der Waals surface area contributed by atoms with Crippen molar-refractivity contribution in [1.82, 2.24) is 4.98 Å². The van der Waals surface area contributed by atoms with Crippen molar-refractivity contribution in [3.05, 3.63) is 64.4 Å². The van der Waals surface area contributed by atoms with Gasteiger partial charge in [0.15, 0.2) is 5.78 Å². The molecule has 199 valence electrons. The normalized spacial score (nSPS) is 12.6. The second kappa shape index (κ2) is 12.8. The summed E-state index contributed by atoms with van der Waals surface area (Å²) in [6.07, 6.45) is 5.64. The Morgan fingerprint density at radius 2 is 1.64 bits per heavy atom.